The van der Waals surface area contributed by atoms with Gasteiger partial charge in [-0.25, -0.2) is 9.37 Å². The van der Waals surface area contributed by atoms with Crippen molar-refractivity contribution in [3.8, 4) is 0 Å². The molecule has 1 aromatic carbocycles. The molecule has 0 amide bonds. The molecule has 3 heteroatoms. The maximum Gasteiger partial charge on any atom is 0.125 e. The Morgan fingerprint density at radius 1 is 1.15 bits per heavy atom. The molecule has 2 rings (SSSR count). The summed E-state index contributed by atoms with van der Waals surface area (Å²) < 4.78 is 13.0. The van der Waals surface area contributed by atoms with E-state index in [4.69, 9.17) is 0 Å². The van der Waals surface area contributed by atoms with E-state index in [1.807, 2.05) is 18.3 Å². The fourth-order valence-corrected chi connectivity index (χ4v) is 1.97. The molecule has 0 aliphatic carbocycles. The first kappa shape index (κ1) is 14.5. The zero-order chi connectivity index (χ0) is 14.6. The van der Waals surface area contributed by atoms with E-state index in [2.05, 4.69) is 37.1 Å². The van der Waals surface area contributed by atoms with Crippen LogP contribution in [-0.4, -0.2) is 11.5 Å². The molecule has 0 fully saturated rings. The number of pyridine rings is 1. The molecule has 2 aromatic rings. The summed E-state index contributed by atoms with van der Waals surface area (Å²) in [5, 5.41) is 3.26. The van der Waals surface area contributed by atoms with Crippen LogP contribution in [0, 0.1) is 5.82 Å². The molecule has 0 aliphatic rings. The molecule has 0 saturated heterocycles. The quantitative estimate of drug-likeness (QED) is 0.903. The van der Waals surface area contributed by atoms with E-state index in [0.717, 1.165) is 24.3 Å². The van der Waals surface area contributed by atoms with Gasteiger partial charge in [-0.15, -0.1) is 0 Å². The highest BCUT2D eigenvalue weighted by Gasteiger charge is 2.13. The second-order valence-corrected chi connectivity index (χ2v) is 5.99. The van der Waals surface area contributed by atoms with Gasteiger partial charge in [0.05, 0.1) is 0 Å². The lowest BCUT2D eigenvalue weighted by Crippen LogP contribution is -2.12. The van der Waals surface area contributed by atoms with Gasteiger partial charge < -0.3 is 5.32 Å². The predicted octanol–water partition coefficient (Wildman–Crippen LogP) is 4.17. The van der Waals surface area contributed by atoms with Crippen molar-refractivity contribution in [3.63, 3.8) is 0 Å². The molecule has 2 nitrogen and oxygen atoms in total. The summed E-state index contributed by atoms with van der Waals surface area (Å²) in [5.74, 6) is 0.671. The first-order valence-corrected chi connectivity index (χ1v) is 6.90. The smallest absolute Gasteiger partial charge is 0.125 e. The third-order valence-corrected chi connectivity index (χ3v) is 3.24. The number of anilines is 1. The average molecular weight is 272 g/mol. The van der Waals surface area contributed by atoms with Crippen molar-refractivity contribution in [1.29, 1.82) is 0 Å². The van der Waals surface area contributed by atoms with Crippen LogP contribution in [0.25, 0.3) is 0 Å². The molecular formula is C17H21FN2. The van der Waals surface area contributed by atoms with Crippen LogP contribution >= 0.6 is 0 Å². The zero-order valence-electron chi connectivity index (χ0n) is 12.3. The van der Waals surface area contributed by atoms with Crippen LogP contribution in [0.2, 0.25) is 0 Å². The molecule has 0 radical (unpaired) electrons. The van der Waals surface area contributed by atoms with E-state index >= 15 is 0 Å². The van der Waals surface area contributed by atoms with Crippen LogP contribution in [0.1, 0.15) is 31.9 Å². The fraction of sp³-hybridized carbons (Fsp3) is 0.353. The van der Waals surface area contributed by atoms with Gasteiger partial charge in [0.1, 0.15) is 11.6 Å². The Balaban J connectivity index is 1.88. The summed E-state index contributed by atoms with van der Waals surface area (Å²) in [6.07, 6.45) is 2.69. The van der Waals surface area contributed by atoms with E-state index in [0.29, 0.717) is 0 Å². The number of hydrogen-bond donors (Lipinski definition) is 1. The minimum absolute atomic E-state index is 0.118. The van der Waals surface area contributed by atoms with Crippen LogP contribution < -0.4 is 5.32 Å². The number of benzene rings is 1. The Morgan fingerprint density at radius 3 is 2.55 bits per heavy atom. The van der Waals surface area contributed by atoms with Gasteiger partial charge in [0.25, 0.3) is 0 Å². The Morgan fingerprint density at radius 2 is 1.95 bits per heavy atom. The maximum absolute atomic E-state index is 13.0. The number of halogens is 1. The lowest BCUT2D eigenvalue weighted by atomic mass is 9.88. The van der Waals surface area contributed by atoms with Gasteiger partial charge in [0, 0.05) is 12.7 Å². The topological polar surface area (TPSA) is 24.9 Å². The molecular weight excluding hydrogens is 251 g/mol. The summed E-state index contributed by atoms with van der Waals surface area (Å²) in [5.41, 5.74) is 2.32. The van der Waals surface area contributed by atoms with Crippen molar-refractivity contribution in [2.45, 2.75) is 32.6 Å². The predicted molar refractivity (Wildman–Crippen MR) is 81.5 cm³/mol. The molecule has 0 bridgehead atoms. The second kappa shape index (κ2) is 6.04. The standard InChI is InChI=1S/C17H21FN2/c1-17(2,3)14-7-8-16(20-12-14)19-10-9-13-5-4-6-15(18)11-13/h4-8,11-12H,9-10H2,1-3H3,(H,19,20). The SMILES string of the molecule is CC(C)(C)c1ccc(NCCc2cccc(F)c2)nc1. The van der Waals surface area contributed by atoms with Gasteiger partial charge in [-0.3, -0.25) is 0 Å². The van der Waals surface area contributed by atoms with Crippen LogP contribution in [0.4, 0.5) is 10.2 Å². The van der Waals surface area contributed by atoms with Crippen molar-refractivity contribution in [2.24, 2.45) is 0 Å². The summed E-state index contributed by atoms with van der Waals surface area (Å²) in [6, 6.07) is 10.8. The number of hydrogen-bond acceptors (Lipinski definition) is 2. The van der Waals surface area contributed by atoms with Gasteiger partial charge in [-0.05, 0) is 41.2 Å². The normalized spacial score (nSPS) is 11.4. The molecule has 0 unspecified atom stereocenters. The highest BCUT2D eigenvalue weighted by atomic mass is 19.1. The lowest BCUT2D eigenvalue weighted by Gasteiger charge is -2.18. The minimum Gasteiger partial charge on any atom is -0.370 e. The number of nitrogens with one attached hydrogen (secondary N) is 1. The molecule has 106 valence electrons. The summed E-state index contributed by atoms with van der Waals surface area (Å²) >= 11 is 0. The summed E-state index contributed by atoms with van der Waals surface area (Å²) in [6.45, 7) is 7.24. The minimum atomic E-state index is -0.185. The van der Waals surface area contributed by atoms with Crippen LogP contribution in [-0.2, 0) is 11.8 Å². The first-order valence-electron chi connectivity index (χ1n) is 6.90. The first-order chi connectivity index (χ1) is 9.45. The van der Waals surface area contributed by atoms with Gasteiger partial charge in [0.2, 0.25) is 0 Å². The molecule has 0 saturated carbocycles. The highest BCUT2D eigenvalue weighted by Crippen LogP contribution is 2.21. The van der Waals surface area contributed by atoms with E-state index < -0.39 is 0 Å². The lowest BCUT2D eigenvalue weighted by molar-refractivity contribution is 0.587. The Kier molecular flexibility index (Phi) is 4.38. The van der Waals surface area contributed by atoms with E-state index in [1.165, 1.54) is 11.6 Å². The zero-order valence-corrected chi connectivity index (χ0v) is 12.3. The van der Waals surface area contributed by atoms with Crippen LogP contribution in [0.3, 0.4) is 0 Å². The van der Waals surface area contributed by atoms with Crippen molar-refractivity contribution >= 4 is 5.82 Å². The fourth-order valence-electron chi connectivity index (χ4n) is 1.97. The summed E-state index contributed by atoms with van der Waals surface area (Å²) in [7, 11) is 0. The monoisotopic (exact) mass is 272 g/mol. The molecule has 0 aliphatic heterocycles. The molecule has 1 aromatic heterocycles. The molecule has 0 atom stereocenters. The third-order valence-electron chi connectivity index (χ3n) is 3.24. The molecule has 1 heterocycles. The van der Waals surface area contributed by atoms with E-state index in [-0.39, 0.29) is 11.2 Å². The Hall–Kier alpha value is -1.90. The second-order valence-electron chi connectivity index (χ2n) is 5.99. The Bertz CT molecular complexity index is 556. The third kappa shape index (κ3) is 4.05. The van der Waals surface area contributed by atoms with Gasteiger partial charge in [-0.1, -0.05) is 39.0 Å². The van der Waals surface area contributed by atoms with E-state index in [1.54, 1.807) is 12.1 Å². The number of rotatable bonds is 4. The van der Waals surface area contributed by atoms with Crippen molar-refractivity contribution in [3.05, 3.63) is 59.5 Å². The Labute approximate surface area is 120 Å². The van der Waals surface area contributed by atoms with Crippen molar-refractivity contribution in [2.75, 3.05) is 11.9 Å². The van der Waals surface area contributed by atoms with Crippen LogP contribution in [0.15, 0.2) is 42.6 Å². The van der Waals surface area contributed by atoms with Crippen molar-refractivity contribution in [1.82, 2.24) is 4.98 Å². The summed E-state index contributed by atoms with van der Waals surface area (Å²) in [4.78, 5) is 4.41. The molecule has 0 spiro atoms. The number of aromatic nitrogens is 1. The molecule has 1 N–H and O–H groups in total. The van der Waals surface area contributed by atoms with Gasteiger partial charge in [-0.2, -0.15) is 0 Å². The maximum atomic E-state index is 13.0. The van der Waals surface area contributed by atoms with Gasteiger partial charge in [0.15, 0.2) is 0 Å². The average Bonchev–Trinajstić information content (AvgIpc) is 2.38. The number of nitrogens with zero attached hydrogens (tertiary/aromatic N) is 1. The van der Waals surface area contributed by atoms with Gasteiger partial charge >= 0.3 is 0 Å². The van der Waals surface area contributed by atoms with Crippen LogP contribution in [0.5, 0.6) is 0 Å². The highest BCUT2D eigenvalue weighted by molar-refractivity contribution is 5.37. The van der Waals surface area contributed by atoms with Crippen molar-refractivity contribution < 1.29 is 4.39 Å². The largest absolute Gasteiger partial charge is 0.370 e. The molecule has 20 heavy (non-hydrogen) atoms. The van der Waals surface area contributed by atoms with E-state index in [9.17, 15) is 4.39 Å².